The first-order chi connectivity index (χ1) is 12.5. The molecular weight excluding hydrogens is 376 g/mol. The van der Waals surface area contributed by atoms with Gasteiger partial charge >= 0.3 is 0 Å². The first-order valence-electron chi connectivity index (χ1n) is 8.30. The molecule has 1 aromatic heterocycles. The average Bonchev–Trinajstić information content (AvgIpc) is 3.09. The fourth-order valence-corrected chi connectivity index (χ4v) is 4.16. The van der Waals surface area contributed by atoms with Crippen LogP contribution in [0, 0.1) is 0 Å². The number of carbonyl (C=O) groups is 1. The van der Waals surface area contributed by atoms with E-state index >= 15 is 0 Å². The molecule has 0 bridgehead atoms. The normalized spacial score (nSPS) is 11.3. The topological polar surface area (TPSA) is 110 Å². The summed E-state index contributed by atoms with van der Waals surface area (Å²) in [6.07, 6.45) is 1.58. The molecule has 0 radical (unpaired) electrons. The quantitative estimate of drug-likeness (QED) is 0.469. The van der Waals surface area contributed by atoms with Crippen LogP contribution in [0.5, 0.6) is 5.75 Å². The van der Waals surface area contributed by atoms with Crippen molar-refractivity contribution in [2.45, 2.75) is 37.4 Å². The Morgan fingerprint density at radius 2 is 2.00 bits per heavy atom. The Hall–Kier alpha value is -2.04. The molecule has 1 amide bonds. The first-order valence-corrected chi connectivity index (χ1v) is 10.6. The lowest BCUT2D eigenvalue weighted by Gasteiger charge is -2.10. The van der Waals surface area contributed by atoms with Crippen LogP contribution in [0.25, 0.3) is 0 Å². The SMILES string of the molecule is CCOc1ccccc1CCCNS(=O)(=O)c1nnc(NC(=O)CC)s1. The van der Waals surface area contributed by atoms with Crippen molar-refractivity contribution in [2.75, 3.05) is 18.5 Å². The summed E-state index contributed by atoms with van der Waals surface area (Å²) in [6.45, 7) is 4.46. The molecule has 2 aromatic rings. The summed E-state index contributed by atoms with van der Waals surface area (Å²) in [6, 6.07) is 7.69. The number of aromatic nitrogens is 2. The Kier molecular flexibility index (Phi) is 7.49. The first kappa shape index (κ1) is 20.3. The maximum Gasteiger partial charge on any atom is 0.269 e. The molecule has 1 heterocycles. The van der Waals surface area contributed by atoms with Crippen LogP contribution in [-0.2, 0) is 21.2 Å². The Balaban J connectivity index is 1.88. The number of aryl methyl sites for hydroxylation is 1. The molecule has 26 heavy (non-hydrogen) atoms. The molecule has 0 spiro atoms. The van der Waals surface area contributed by atoms with E-state index in [2.05, 4.69) is 20.2 Å². The zero-order chi connectivity index (χ0) is 19.0. The zero-order valence-electron chi connectivity index (χ0n) is 14.7. The van der Waals surface area contributed by atoms with Gasteiger partial charge < -0.3 is 10.1 Å². The van der Waals surface area contributed by atoms with Gasteiger partial charge in [0.1, 0.15) is 5.75 Å². The number of ether oxygens (including phenoxy) is 1. The number of para-hydroxylation sites is 1. The van der Waals surface area contributed by atoms with Crippen LogP contribution in [0.1, 0.15) is 32.3 Å². The number of benzene rings is 1. The summed E-state index contributed by atoms with van der Waals surface area (Å²) in [5.74, 6) is 0.573. The van der Waals surface area contributed by atoms with Crippen molar-refractivity contribution < 1.29 is 17.9 Å². The van der Waals surface area contributed by atoms with Crippen molar-refractivity contribution >= 4 is 32.4 Å². The van der Waals surface area contributed by atoms with Crippen LogP contribution in [0.2, 0.25) is 0 Å². The van der Waals surface area contributed by atoms with Crippen LogP contribution in [-0.4, -0.2) is 37.7 Å². The monoisotopic (exact) mass is 398 g/mol. The molecule has 0 aliphatic carbocycles. The van der Waals surface area contributed by atoms with E-state index in [1.165, 1.54) is 0 Å². The van der Waals surface area contributed by atoms with Gasteiger partial charge in [0.2, 0.25) is 15.4 Å². The Morgan fingerprint density at radius 1 is 1.23 bits per heavy atom. The highest BCUT2D eigenvalue weighted by Crippen LogP contribution is 2.21. The van der Waals surface area contributed by atoms with Gasteiger partial charge in [0, 0.05) is 13.0 Å². The van der Waals surface area contributed by atoms with Crippen LogP contribution in [0.3, 0.4) is 0 Å². The number of sulfonamides is 1. The summed E-state index contributed by atoms with van der Waals surface area (Å²) < 4.78 is 32.4. The predicted molar refractivity (Wildman–Crippen MR) is 100.0 cm³/mol. The van der Waals surface area contributed by atoms with Crippen LogP contribution < -0.4 is 14.8 Å². The van der Waals surface area contributed by atoms with Gasteiger partial charge in [-0.2, -0.15) is 0 Å². The van der Waals surface area contributed by atoms with E-state index in [1.807, 2.05) is 31.2 Å². The molecule has 0 saturated carbocycles. The van der Waals surface area contributed by atoms with E-state index in [9.17, 15) is 13.2 Å². The molecule has 8 nitrogen and oxygen atoms in total. The number of nitrogens with zero attached hydrogens (tertiary/aromatic N) is 2. The van der Waals surface area contributed by atoms with Crippen molar-refractivity contribution in [3.05, 3.63) is 29.8 Å². The number of hydrogen-bond acceptors (Lipinski definition) is 7. The van der Waals surface area contributed by atoms with Gasteiger partial charge in [-0.3, -0.25) is 4.79 Å². The van der Waals surface area contributed by atoms with E-state index in [-0.39, 0.29) is 28.3 Å². The highest BCUT2D eigenvalue weighted by molar-refractivity contribution is 7.91. The highest BCUT2D eigenvalue weighted by Gasteiger charge is 2.20. The third-order valence-corrected chi connectivity index (χ3v) is 6.06. The minimum Gasteiger partial charge on any atom is -0.494 e. The van der Waals surface area contributed by atoms with E-state index in [1.54, 1.807) is 6.92 Å². The highest BCUT2D eigenvalue weighted by atomic mass is 32.2. The molecule has 0 saturated heterocycles. The Labute approximate surface area is 157 Å². The largest absolute Gasteiger partial charge is 0.494 e. The number of amides is 1. The summed E-state index contributed by atoms with van der Waals surface area (Å²) in [7, 11) is -3.74. The van der Waals surface area contributed by atoms with Crippen LogP contribution in [0.4, 0.5) is 5.13 Å². The predicted octanol–water partition coefficient (Wildman–Crippen LogP) is 2.20. The standard InChI is InChI=1S/C16H22N4O4S2/c1-3-14(21)18-15-19-20-16(25-15)26(22,23)17-11-7-9-12-8-5-6-10-13(12)24-4-2/h5-6,8,10,17H,3-4,7,9,11H2,1-2H3,(H,18,19,21). The molecule has 0 unspecified atom stereocenters. The Morgan fingerprint density at radius 3 is 2.73 bits per heavy atom. The maximum atomic E-state index is 12.2. The second kappa shape index (κ2) is 9.60. The van der Waals surface area contributed by atoms with Gasteiger partial charge in [-0.05, 0) is 31.4 Å². The summed E-state index contributed by atoms with van der Waals surface area (Å²) in [5, 5.41) is 9.97. The summed E-state index contributed by atoms with van der Waals surface area (Å²) in [4.78, 5) is 11.3. The molecule has 0 aliphatic rings. The molecule has 2 N–H and O–H groups in total. The number of hydrogen-bond donors (Lipinski definition) is 2. The second-order valence-corrected chi connectivity index (χ2v) is 8.24. The molecule has 2 rings (SSSR count). The average molecular weight is 399 g/mol. The van der Waals surface area contributed by atoms with Crippen molar-refractivity contribution in [1.82, 2.24) is 14.9 Å². The van der Waals surface area contributed by atoms with Crippen LogP contribution >= 0.6 is 11.3 Å². The van der Waals surface area contributed by atoms with E-state index in [0.717, 1.165) is 22.6 Å². The third kappa shape index (κ3) is 5.75. The number of carbonyl (C=O) groups excluding carboxylic acids is 1. The lowest BCUT2D eigenvalue weighted by Crippen LogP contribution is -2.25. The van der Waals surface area contributed by atoms with E-state index < -0.39 is 10.0 Å². The van der Waals surface area contributed by atoms with Crippen molar-refractivity contribution in [1.29, 1.82) is 0 Å². The minimum absolute atomic E-state index is 0.168. The summed E-state index contributed by atoms with van der Waals surface area (Å²) in [5.41, 5.74) is 1.04. The Bertz CT molecular complexity index is 836. The minimum atomic E-state index is -3.74. The summed E-state index contributed by atoms with van der Waals surface area (Å²) >= 11 is 0.822. The molecule has 142 valence electrons. The van der Waals surface area contributed by atoms with E-state index in [0.29, 0.717) is 19.4 Å². The van der Waals surface area contributed by atoms with Gasteiger partial charge in [0.25, 0.3) is 10.0 Å². The van der Waals surface area contributed by atoms with Crippen molar-refractivity contribution in [3.8, 4) is 5.75 Å². The van der Waals surface area contributed by atoms with Crippen molar-refractivity contribution in [3.63, 3.8) is 0 Å². The fourth-order valence-electron chi connectivity index (χ4n) is 2.13. The lowest BCUT2D eigenvalue weighted by molar-refractivity contribution is -0.115. The molecular formula is C16H22N4O4S2. The number of nitrogens with one attached hydrogen (secondary N) is 2. The third-order valence-electron chi connectivity index (χ3n) is 3.39. The van der Waals surface area contributed by atoms with Gasteiger partial charge in [-0.25, -0.2) is 13.1 Å². The molecule has 0 aliphatic heterocycles. The van der Waals surface area contributed by atoms with E-state index in [4.69, 9.17) is 4.74 Å². The molecule has 1 aromatic carbocycles. The zero-order valence-corrected chi connectivity index (χ0v) is 16.3. The number of rotatable bonds is 10. The van der Waals surface area contributed by atoms with Gasteiger partial charge in [-0.1, -0.05) is 36.5 Å². The van der Waals surface area contributed by atoms with Gasteiger partial charge in [0.15, 0.2) is 0 Å². The molecule has 10 heteroatoms. The smallest absolute Gasteiger partial charge is 0.269 e. The van der Waals surface area contributed by atoms with Gasteiger partial charge in [0.05, 0.1) is 6.61 Å². The molecule has 0 fully saturated rings. The fraction of sp³-hybridized carbons (Fsp3) is 0.438. The maximum absolute atomic E-state index is 12.2. The second-order valence-electron chi connectivity index (χ2n) is 5.32. The molecule has 0 atom stereocenters. The van der Waals surface area contributed by atoms with Gasteiger partial charge in [-0.15, -0.1) is 10.2 Å². The number of anilines is 1. The lowest BCUT2D eigenvalue weighted by atomic mass is 10.1. The van der Waals surface area contributed by atoms with Crippen LogP contribution in [0.15, 0.2) is 28.6 Å². The van der Waals surface area contributed by atoms with Crippen molar-refractivity contribution in [2.24, 2.45) is 0 Å².